The fourth-order valence-corrected chi connectivity index (χ4v) is 7.22. The van der Waals surface area contributed by atoms with Crippen molar-refractivity contribution in [2.75, 3.05) is 36.4 Å². The highest BCUT2D eigenvalue weighted by Crippen LogP contribution is 2.42. The number of carbonyl (C=O) groups is 2. The molecule has 1 atom stereocenters. The van der Waals surface area contributed by atoms with Crippen LogP contribution in [0.2, 0.25) is 0 Å². The Balaban J connectivity index is 1.38. The number of anilines is 2. The summed E-state index contributed by atoms with van der Waals surface area (Å²) in [6, 6.07) is 6.17. The van der Waals surface area contributed by atoms with Crippen LogP contribution in [0.4, 0.5) is 24.7 Å². The number of ether oxygens (including phenoxy) is 1. The van der Waals surface area contributed by atoms with E-state index in [1.54, 1.807) is 4.90 Å². The summed E-state index contributed by atoms with van der Waals surface area (Å²) in [6.07, 6.45) is 5.47. The second kappa shape index (κ2) is 12.3. The molecular formula is C32H29F3N6O5S. The van der Waals surface area contributed by atoms with Gasteiger partial charge in [0.1, 0.15) is 41.5 Å². The number of nitrogens with zero attached hydrogens (tertiary/aromatic N) is 5. The molecule has 11 nitrogen and oxygen atoms in total. The van der Waals surface area contributed by atoms with Crippen molar-refractivity contribution in [3.8, 4) is 17.0 Å². The summed E-state index contributed by atoms with van der Waals surface area (Å²) in [6.45, 7) is 2.65. The standard InChI is InChI=1S/C32H29F3N6O5S/c1-19(42)4-9-27(43)41-13-11-32(41)10-3-12-40(17-32)30-28-24(37-18-38-30)7-6-22(29(28)35)20-14-25(31(46-2)36-16-20)39-47(44,45)26-8-5-21(33)15-23(26)34/h4-9,14-16,18,39H,3,10-13,17H2,1-2H3/b9-4+/i18D. The van der Waals surface area contributed by atoms with Gasteiger partial charge in [-0.2, -0.15) is 0 Å². The lowest BCUT2D eigenvalue weighted by Gasteiger charge is -2.57. The van der Waals surface area contributed by atoms with Gasteiger partial charge in [0.2, 0.25) is 11.8 Å². The minimum Gasteiger partial charge on any atom is -0.480 e. The zero-order valence-electron chi connectivity index (χ0n) is 26.3. The maximum atomic E-state index is 16.6. The van der Waals surface area contributed by atoms with E-state index in [0.29, 0.717) is 45.0 Å². The maximum Gasteiger partial charge on any atom is 0.264 e. The molecule has 1 spiro atoms. The van der Waals surface area contributed by atoms with Crippen molar-refractivity contribution < 1.29 is 37.3 Å². The molecular weight excluding hydrogens is 637 g/mol. The number of fused-ring (bicyclic) bond motifs is 1. The molecule has 0 aliphatic carbocycles. The number of piperidine rings is 1. The number of ketones is 1. The molecule has 1 unspecified atom stereocenters. The summed E-state index contributed by atoms with van der Waals surface area (Å²) in [5.41, 5.74) is -0.514. The van der Waals surface area contributed by atoms with Gasteiger partial charge in [0.15, 0.2) is 5.78 Å². The van der Waals surface area contributed by atoms with E-state index in [2.05, 4.69) is 19.7 Å². The zero-order chi connectivity index (χ0) is 34.4. The van der Waals surface area contributed by atoms with Crippen molar-refractivity contribution >= 4 is 44.1 Å². The maximum absolute atomic E-state index is 16.6. The lowest BCUT2D eigenvalue weighted by molar-refractivity contribution is -0.142. The van der Waals surface area contributed by atoms with Crippen LogP contribution in [0.15, 0.2) is 65.9 Å². The van der Waals surface area contributed by atoms with Crippen molar-refractivity contribution in [1.29, 1.82) is 0 Å². The Bertz CT molecular complexity index is 2120. The highest BCUT2D eigenvalue weighted by molar-refractivity contribution is 7.92. The summed E-state index contributed by atoms with van der Waals surface area (Å²) in [5.74, 6) is -3.60. The quantitative estimate of drug-likeness (QED) is 0.267. The molecule has 244 valence electrons. The summed E-state index contributed by atoms with van der Waals surface area (Å²) < 4.78 is 86.1. The first-order valence-corrected chi connectivity index (χ1v) is 16.0. The number of pyridine rings is 1. The van der Waals surface area contributed by atoms with Gasteiger partial charge in [-0.3, -0.25) is 14.3 Å². The molecule has 0 bridgehead atoms. The van der Waals surface area contributed by atoms with Crippen LogP contribution in [0.25, 0.3) is 22.0 Å². The Morgan fingerprint density at radius 2 is 1.87 bits per heavy atom. The van der Waals surface area contributed by atoms with Gasteiger partial charge in [-0.05, 0) is 62.6 Å². The monoisotopic (exact) mass is 667 g/mol. The van der Waals surface area contributed by atoms with Gasteiger partial charge < -0.3 is 14.5 Å². The lowest BCUT2D eigenvalue weighted by Crippen LogP contribution is -2.68. The SMILES string of the molecule is [2H]c1nc(N2CCCC3(CCN3C(=O)/C=C/C(C)=O)C2)c2c(F)c(-c3cnc(OC)c(NS(=O)(=O)c4ccc(F)cc4F)c3)ccc2n1. The molecule has 47 heavy (non-hydrogen) atoms. The first-order valence-electron chi connectivity index (χ1n) is 15.1. The number of sulfonamides is 1. The lowest BCUT2D eigenvalue weighted by atomic mass is 9.77. The number of aromatic nitrogens is 3. The largest absolute Gasteiger partial charge is 0.480 e. The van der Waals surface area contributed by atoms with Crippen LogP contribution in [0.3, 0.4) is 0 Å². The Morgan fingerprint density at radius 3 is 2.57 bits per heavy atom. The minimum absolute atomic E-state index is 0.00446. The number of allylic oxidation sites excluding steroid dienone is 1. The number of likely N-dealkylation sites (tertiary alicyclic amines) is 1. The number of nitrogens with one attached hydrogen (secondary N) is 1. The van der Waals surface area contributed by atoms with Gasteiger partial charge in [-0.1, -0.05) is 0 Å². The molecule has 4 heterocycles. The molecule has 2 aromatic heterocycles. The molecule has 1 N–H and O–H groups in total. The van der Waals surface area contributed by atoms with Crippen LogP contribution in [-0.2, 0) is 19.6 Å². The van der Waals surface area contributed by atoms with E-state index in [1.165, 1.54) is 50.6 Å². The Morgan fingerprint density at radius 1 is 1.06 bits per heavy atom. The fraction of sp³-hybridized carbons (Fsp3) is 0.281. The van der Waals surface area contributed by atoms with Gasteiger partial charge in [0.25, 0.3) is 10.0 Å². The second-order valence-electron chi connectivity index (χ2n) is 11.4. The first-order chi connectivity index (χ1) is 22.8. The van der Waals surface area contributed by atoms with E-state index >= 15 is 4.39 Å². The van der Waals surface area contributed by atoms with Crippen molar-refractivity contribution in [2.45, 2.75) is 36.6 Å². The number of rotatable bonds is 8. The van der Waals surface area contributed by atoms with Crippen LogP contribution in [0.1, 0.15) is 27.6 Å². The third-order valence-electron chi connectivity index (χ3n) is 8.41. The summed E-state index contributed by atoms with van der Waals surface area (Å²) in [7, 11) is -3.36. The number of hydrogen-bond acceptors (Lipinski definition) is 9. The van der Waals surface area contributed by atoms with Crippen LogP contribution in [0, 0.1) is 17.5 Å². The normalized spacial score (nSPS) is 18.4. The van der Waals surface area contributed by atoms with Crippen molar-refractivity contribution in [3.05, 3.63) is 78.5 Å². The molecule has 1 amide bonds. The number of carbonyl (C=O) groups excluding carboxylic acids is 2. The molecule has 0 radical (unpaired) electrons. The third-order valence-corrected chi connectivity index (χ3v) is 9.81. The van der Waals surface area contributed by atoms with Gasteiger partial charge >= 0.3 is 0 Å². The molecule has 2 fully saturated rings. The van der Waals surface area contributed by atoms with Gasteiger partial charge in [-0.15, -0.1) is 0 Å². The average Bonchev–Trinajstić information content (AvgIpc) is 3.02. The molecule has 0 saturated carbocycles. The predicted molar refractivity (Wildman–Crippen MR) is 167 cm³/mol. The fourth-order valence-electron chi connectivity index (χ4n) is 6.11. The van der Waals surface area contributed by atoms with Crippen molar-refractivity contribution in [2.24, 2.45) is 0 Å². The van der Waals surface area contributed by atoms with E-state index in [4.69, 9.17) is 6.11 Å². The van der Waals surface area contributed by atoms with E-state index in [1.807, 2.05) is 4.90 Å². The highest BCUT2D eigenvalue weighted by atomic mass is 32.2. The Kier molecular flexibility index (Phi) is 7.99. The molecule has 2 aliphatic heterocycles. The number of amides is 1. The second-order valence-corrected chi connectivity index (χ2v) is 13.0. The van der Waals surface area contributed by atoms with Gasteiger partial charge in [0, 0.05) is 49.1 Å². The molecule has 2 saturated heterocycles. The van der Waals surface area contributed by atoms with Crippen LogP contribution in [0.5, 0.6) is 5.88 Å². The topological polar surface area (TPSA) is 135 Å². The van der Waals surface area contributed by atoms with Crippen molar-refractivity contribution in [1.82, 2.24) is 19.9 Å². The molecule has 2 aromatic carbocycles. The molecule has 4 aromatic rings. The van der Waals surface area contributed by atoms with Gasteiger partial charge in [0.05, 0.1) is 23.6 Å². The smallest absolute Gasteiger partial charge is 0.264 e. The van der Waals surface area contributed by atoms with Crippen molar-refractivity contribution in [3.63, 3.8) is 0 Å². The number of halogens is 3. The summed E-state index contributed by atoms with van der Waals surface area (Å²) >= 11 is 0. The van der Waals surface area contributed by atoms with E-state index in [-0.39, 0.29) is 57.4 Å². The highest BCUT2D eigenvalue weighted by Gasteiger charge is 2.49. The molecule has 6 rings (SSSR count). The summed E-state index contributed by atoms with van der Waals surface area (Å²) in [4.78, 5) is 39.6. The number of hydrogen-bond donors (Lipinski definition) is 1. The van der Waals surface area contributed by atoms with Crippen LogP contribution in [-0.4, -0.2) is 72.2 Å². The Hall–Kier alpha value is -5.05. The summed E-state index contributed by atoms with van der Waals surface area (Å²) in [5, 5.41) is 0.0144. The van der Waals surface area contributed by atoms with E-state index in [9.17, 15) is 26.8 Å². The van der Waals surface area contributed by atoms with E-state index < -0.39 is 37.9 Å². The van der Waals surface area contributed by atoms with Gasteiger partial charge in [-0.25, -0.2) is 36.5 Å². The minimum atomic E-state index is -4.59. The van der Waals surface area contributed by atoms with E-state index in [0.717, 1.165) is 12.1 Å². The molecule has 15 heteroatoms. The third kappa shape index (κ3) is 5.98. The number of benzene rings is 2. The predicted octanol–water partition coefficient (Wildman–Crippen LogP) is 4.64. The number of methoxy groups -OCH3 is 1. The van der Waals surface area contributed by atoms with Crippen LogP contribution >= 0.6 is 0 Å². The zero-order valence-corrected chi connectivity index (χ0v) is 26.1. The average molecular weight is 668 g/mol. The Labute approximate surface area is 269 Å². The van der Waals surface area contributed by atoms with Crippen LogP contribution < -0.4 is 14.4 Å². The first kappa shape index (κ1) is 30.6. The molecule has 2 aliphatic rings.